The molecule has 7 heteroatoms. The largest absolute Gasteiger partial charge is 0.420 e. The van der Waals surface area contributed by atoms with Crippen LogP contribution in [0.25, 0.3) is 11.5 Å². The van der Waals surface area contributed by atoms with Crippen molar-refractivity contribution in [2.45, 2.75) is 38.2 Å². The molecule has 0 spiro atoms. The van der Waals surface area contributed by atoms with E-state index in [0.29, 0.717) is 17.5 Å². The van der Waals surface area contributed by atoms with Crippen LogP contribution in [0.3, 0.4) is 0 Å². The summed E-state index contributed by atoms with van der Waals surface area (Å²) in [6.45, 7) is 6.90. The molecule has 0 amide bonds. The SMILES string of the molecule is CCn1c(C)nnc1SCc1nnc(-c2cccc(C)c2)o1. The lowest BCUT2D eigenvalue weighted by atomic mass is 10.1. The first kappa shape index (κ1) is 14.8. The van der Waals surface area contributed by atoms with Gasteiger partial charge in [0.25, 0.3) is 0 Å². The van der Waals surface area contributed by atoms with Gasteiger partial charge >= 0.3 is 0 Å². The summed E-state index contributed by atoms with van der Waals surface area (Å²) < 4.78 is 7.78. The molecule has 3 aromatic rings. The maximum atomic E-state index is 5.73. The van der Waals surface area contributed by atoms with Crippen LogP contribution < -0.4 is 0 Å². The van der Waals surface area contributed by atoms with Gasteiger partial charge in [-0.15, -0.1) is 20.4 Å². The predicted octanol–water partition coefficient (Wildman–Crippen LogP) is 3.26. The predicted molar refractivity (Wildman–Crippen MR) is 84.5 cm³/mol. The summed E-state index contributed by atoms with van der Waals surface area (Å²) in [5.41, 5.74) is 2.11. The minimum absolute atomic E-state index is 0.549. The molecule has 22 heavy (non-hydrogen) atoms. The van der Waals surface area contributed by atoms with E-state index in [4.69, 9.17) is 4.42 Å². The lowest BCUT2D eigenvalue weighted by Gasteiger charge is -2.02. The van der Waals surface area contributed by atoms with E-state index in [1.165, 1.54) is 0 Å². The van der Waals surface area contributed by atoms with E-state index in [0.717, 1.165) is 28.7 Å². The van der Waals surface area contributed by atoms with Gasteiger partial charge in [0.2, 0.25) is 11.8 Å². The van der Waals surface area contributed by atoms with Crippen LogP contribution in [0.2, 0.25) is 0 Å². The molecule has 0 N–H and O–H groups in total. The molecular weight excluding hydrogens is 298 g/mol. The molecule has 0 saturated heterocycles. The third-order valence-corrected chi connectivity index (χ3v) is 4.23. The van der Waals surface area contributed by atoms with Gasteiger partial charge in [-0.25, -0.2) is 0 Å². The molecule has 0 aliphatic carbocycles. The Hall–Kier alpha value is -2.15. The fourth-order valence-corrected chi connectivity index (χ4v) is 3.05. The Morgan fingerprint density at radius 2 is 2.00 bits per heavy atom. The lowest BCUT2D eigenvalue weighted by molar-refractivity contribution is 0.528. The molecule has 0 aliphatic heterocycles. The van der Waals surface area contributed by atoms with Crippen molar-refractivity contribution >= 4 is 11.8 Å². The first-order valence-corrected chi connectivity index (χ1v) is 8.08. The number of thioether (sulfide) groups is 1. The number of rotatable bonds is 5. The number of nitrogens with zero attached hydrogens (tertiary/aromatic N) is 5. The number of aromatic nitrogens is 5. The van der Waals surface area contributed by atoms with Crippen LogP contribution in [0.4, 0.5) is 0 Å². The summed E-state index contributed by atoms with van der Waals surface area (Å²) in [4.78, 5) is 0. The molecule has 0 aliphatic rings. The summed E-state index contributed by atoms with van der Waals surface area (Å²) in [5.74, 6) is 2.63. The van der Waals surface area contributed by atoms with Crippen molar-refractivity contribution in [1.82, 2.24) is 25.0 Å². The van der Waals surface area contributed by atoms with E-state index in [9.17, 15) is 0 Å². The van der Waals surface area contributed by atoms with E-state index in [2.05, 4.69) is 31.9 Å². The number of hydrogen-bond donors (Lipinski definition) is 0. The average Bonchev–Trinajstić information content (AvgIpc) is 3.11. The van der Waals surface area contributed by atoms with Crippen LogP contribution in [-0.4, -0.2) is 25.0 Å². The lowest BCUT2D eigenvalue weighted by Crippen LogP contribution is -1.99. The zero-order valence-corrected chi connectivity index (χ0v) is 13.6. The smallest absolute Gasteiger partial charge is 0.247 e. The van der Waals surface area contributed by atoms with Gasteiger partial charge in [-0.05, 0) is 32.9 Å². The van der Waals surface area contributed by atoms with Crippen molar-refractivity contribution in [1.29, 1.82) is 0 Å². The second-order valence-corrected chi connectivity index (χ2v) is 5.88. The number of benzene rings is 1. The molecule has 0 fully saturated rings. The van der Waals surface area contributed by atoms with Crippen molar-refractivity contribution in [3.63, 3.8) is 0 Å². The molecule has 0 atom stereocenters. The van der Waals surface area contributed by atoms with Gasteiger partial charge < -0.3 is 8.98 Å². The molecule has 0 radical (unpaired) electrons. The summed E-state index contributed by atoms with van der Waals surface area (Å²) in [6.07, 6.45) is 0. The number of hydrogen-bond acceptors (Lipinski definition) is 6. The summed E-state index contributed by atoms with van der Waals surface area (Å²) >= 11 is 1.55. The zero-order chi connectivity index (χ0) is 15.5. The Kier molecular flexibility index (Phi) is 4.24. The van der Waals surface area contributed by atoms with Crippen LogP contribution in [0.1, 0.15) is 24.2 Å². The summed E-state index contributed by atoms with van der Waals surface area (Å²) in [7, 11) is 0. The van der Waals surface area contributed by atoms with Gasteiger partial charge in [0, 0.05) is 12.1 Å². The third-order valence-electron chi connectivity index (χ3n) is 3.27. The molecular formula is C15H17N5OS. The van der Waals surface area contributed by atoms with Crippen LogP contribution in [0, 0.1) is 13.8 Å². The first-order chi connectivity index (χ1) is 10.7. The average molecular weight is 315 g/mol. The summed E-state index contributed by atoms with van der Waals surface area (Å²) in [5, 5.41) is 17.3. The molecule has 6 nitrogen and oxygen atoms in total. The Morgan fingerprint density at radius 3 is 2.77 bits per heavy atom. The van der Waals surface area contributed by atoms with Crippen LogP contribution >= 0.6 is 11.8 Å². The highest BCUT2D eigenvalue weighted by atomic mass is 32.2. The van der Waals surface area contributed by atoms with Crippen LogP contribution in [-0.2, 0) is 12.3 Å². The van der Waals surface area contributed by atoms with Gasteiger partial charge in [-0.1, -0.05) is 29.5 Å². The maximum absolute atomic E-state index is 5.73. The fraction of sp³-hybridized carbons (Fsp3) is 0.333. The molecule has 0 bridgehead atoms. The normalized spacial score (nSPS) is 11.0. The Bertz CT molecular complexity index is 780. The zero-order valence-electron chi connectivity index (χ0n) is 12.8. The fourth-order valence-electron chi connectivity index (χ4n) is 2.17. The van der Waals surface area contributed by atoms with Crippen molar-refractivity contribution < 1.29 is 4.42 Å². The van der Waals surface area contributed by atoms with Crippen LogP contribution in [0.5, 0.6) is 0 Å². The van der Waals surface area contributed by atoms with E-state index in [1.807, 2.05) is 38.1 Å². The monoisotopic (exact) mass is 315 g/mol. The topological polar surface area (TPSA) is 69.6 Å². The van der Waals surface area contributed by atoms with Crippen molar-refractivity contribution in [2.24, 2.45) is 0 Å². The third kappa shape index (κ3) is 3.04. The molecule has 3 rings (SSSR count). The maximum Gasteiger partial charge on any atom is 0.247 e. The van der Waals surface area contributed by atoms with Gasteiger partial charge in [0.15, 0.2) is 5.16 Å². The van der Waals surface area contributed by atoms with Crippen LogP contribution in [0.15, 0.2) is 33.8 Å². The Labute approximate surface area is 133 Å². The van der Waals surface area contributed by atoms with Crippen molar-refractivity contribution in [3.8, 4) is 11.5 Å². The van der Waals surface area contributed by atoms with Crippen molar-refractivity contribution in [3.05, 3.63) is 41.5 Å². The minimum atomic E-state index is 0.549. The minimum Gasteiger partial charge on any atom is -0.420 e. The molecule has 1 aromatic carbocycles. The second-order valence-electron chi connectivity index (χ2n) is 4.93. The quantitative estimate of drug-likeness (QED) is 0.673. The van der Waals surface area contributed by atoms with E-state index in [1.54, 1.807) is 11.8 Å². The Balaban J connectivity index is 1.72. The highest BCUT2D eigenvalue weighted by molar-refractivity contribution is 7.98. The molecule has 0 saturated carbocycles. The van der Waals surface area contributed by atoms with E-state index in [-0.39, 0.29) is 0 Å². The number of aryl methyl sites for hydroxylation is 2. The van der Waals surface area contributed by atoms with Gasteiger partial charge in [-0.2, -0.15) is 0 Å². The van der Waals surface area contributed by atoms with E-state index < -0.39 is 0 Å². The highest BCUT2D eigenvalue weighted by Crippen LogP contribution is 2.24. The summed E-state index contributed by atoms with van der Waals surface area (Å²) in [6, 6.07) is 8.02. The Morgan fingerprint density at radius 1 is 1.14 bits per heavy atom. The molecule has 2 heterocycles. The molecule has 2 aromatic heterocycles. The second kappa shape index (κ2) is 6.31. The van der Waals surface area contributed by atoms with Crippen molar-refractivity contribution in [2.75, 3.05) is 0 Å². The molecule has 114 valence electrons. The first-order valence-electron chi connectivity index (χ1n) is 7.09. The standard InChI is InChI=1S/C15H17N5OS/c1-4-20-11(3)16-19-15(20)22-9-13-17-18-14(21-13)12-7-5-6-10(2)8-12/h5-8H,4,9H2,1-3H3. The molecule has 0 unspecified atom stereocenters. The van der Waals surface area contributed by atoms with Gasteiger partial charge in [0.1, 0.15) is 5.82 Å². The highest BCUT2D eigenvalue weighted by Gasteiger charge is 2.12. The van der Waals surface area contributed by atoms with Gasteiger partial charge in [0.05, 0.1) is 5.75 Å². The van der Waals surface area contributed by atoms with Gasteiger partial charge in [-0.3, -0.25) is 0 Å². The van der Waals surface area contributed by atoms with E-state index >= 15 is 0 Å².